The van der Waals surface area contributed by atoms with Crippen LogP contribution in [0.5, 0.6) is 5.75 Å². The van der Waals surface area contributed by atoms with Crippen molar-refractivity contribution in [2.75, 3.05) is 0 Å². The van der Waals surface area contributed by atoms with Gasteiger partial charge in [-0.15, -0.1) is 0 Å². The van der Waals surface area contributed by atoms with Crippen molar-refractivity contribution in [2.24, 2.45) is 0 Å². The summed E-state index contributed by atoms with van der Waals surface area (Å²) in [7, 11) is 0. The van der Waals surface area contributed by atoms with Gasteiger partial charge in [0.1, 0.15) is 22.6 Å². The van der Waals surface area contributed by atoms with Crippen LogP contribution in [0, 0.1) is 0 Å². The Morgan fingerprint density at radius 1 is 1.00 bits per heavy atom. The van der Waals surface area contributed by atoms with Crippen molar-refractivity contribution in [3.05, 3.63) is 35.5 Å². The molecule has 1 aliphatic heterocycles. The molecule has 32 heavy (non-hydrogen) atoms. The molecule has 1 aliphatic carbocycles. The molecule has 1 unspecified atom stereocenters. The number of carbonyl (C=O) groups is 3. The summed E-state index contributed by atoms with van der Waals surface area (Å²) >= 11 is 5.97. The van der Waals surface area contributed by atoms with E-state index in [0.29, 0.717) is 29.3 Å². The summed E-state index contributed by atoms with van der Waals surface area (Å²) in [5.41, 5.74) is -0.307. The van der Waals surface area contributed by atoms with Crippen LogP contribution in [-0.2, 0) is 33.3 Å². The number of nitrogens with zero attached hydrogens (tertiary/aromatic N) is 1. The zero-order valence-corrected chi connectivity index (χ0v) is 18.5. The third-order valence-corrected chi connectivity index (χ3v) is 5.60. The molecule has 0 radical (unpaired) electrons. The molecule has 1 spiro atoms. The van der Waals surface area contributed by atoms with Gasteiger partial charge in [-0.1, -0.05) is 11.6 Å². The second-order valence-electron chi connectivity index (χ2n) is 7.90. The lowest BCUT2D eigenvalue weighted by molar-refractivity contribution is -0.229. The van der Waals surface area contributed by atoms with Gasteiger partial charge in [0.25, 0.3) is 0 Å². The number of fused-ring (bicyclic) bond motifs is 1. The van der Waals surface area contributed by atoms with E-state index in [4.69, 9.17) is 35.3 Å². The molecule has 2 aliphatic rings. The van der Waals surface area contributed by atoms with E-state index in [1.54, 1.807) is 12.1 Å². The van der Waals surface area contributed by atoms with Gasteiger partial charge in [-0.2, -0.15) is 0 Å². The molecule has 3 atom stereocenters. The van der Waals surface area contributed by atoms with Gasteiger partial charge in [0, 0.05) is 45.1 Å². The highest BCUT2D eigenvalue weighted by molar-refractivity contribution is 6.29. The maximum absolute atomic E-state index is 11.7. The molecule has 2 aromatic rings. The van der Waals surface area contributed by atoms with E-state index in [-0.39, 0.29) is 6.10 Å². The number of hydrogen-bond donors (Lipinski definition) is 0. The second-order valence-corrected chi connectivity index (χ2v) is 8.29. The van der Waals surface area contributed by atoms with Gasteiger partial charge in [-0.25, -0.2) is 4.98 Å². The lowest BCUT2D eigenvalue weighted by atomic mass is 9.73. The fraction of sp³-hybridized carbons (Fsp3) is 0.455. The Balaban J connectivity index is 1.52. The molecule has 0 bridgehead atoms. The van der Waals surface area contributed by atoms with Gasteiger partial charge >= 0.3 is 17.9 Å². The standard InChI is InChI=1S/C22H22ClNO8/c1-11(25)28-19-20(29-12(2)26)22(32-21(19)30-13(3)27)9-16(10-22)31-15-6-4-14-5-7-18(23)24-17(14)8-15/h4-8,16,19-21H,9-10H2,1-3H3/t16-,19-,20+,21?,22-/m1/s1. The number of halogens is 1. The van der Waals surface area contributed by atoms with Crippen molar-refractivity contribution < 1.29 is 38.1 Å². The first-order valence-electron chi connectivity index (χ1n) is 10.1. The van der Waals surface area contributed by atoms with E-state index in [1.165, 1.54) is 20.8 Å². The number of rotatable bonds is 5. The van der Waals surface area contributed by atoms with Crippen molar-refractivity contribution in [3.63, 3.8) is 0 Å². The lowest BCUT2D eigenvalue weighted by Crippen LogP contribution is -2.58. The quantitative estimate of drug-likeness (QED) is 0.375. The number of ether oxygens (including phenoxy) is 5. The summed E-state index contributed by atoms with van der Waals surface area (Å²) in [6.07, 6.45) is -2.80. The molecule has 2 fully saturated rings. The lowest BCUT2D eigenvalue weighted by Gasteiger charge is -2.46. The first-order valence-corrected chi connectivity index (χ1v) is 10.5. The predicted molar refractivity (Wildman–Crippen MR) is 111 cm³/mol. The maximum Gasteiger partial charge on any atom is 0.305 e. The van der Waals surface area contributed by atoms with E-state index in [9.17, 15) is 14.4 Å². The third kappa shape index (κ3) is 4.49. The molecule has 1 aromatic heterocycles. The van der Waals surface area contributed by atoms with Gasteiger partial charge in [-0.3, -0.25) is 14.4 Å². The smallest absolute Gasteiger partial charge is 0.305 e. The van der Waals surface area contributed by atoms with Crippen molar-refractivity contribution in [3.8, 4) is 5.75 Å². The molecule has 1 aromatic carbocycles. The van der Waals surface area contributed by atoms with Gasteiger partial charge in [0.2, 0.25) is 12.4 Å². The number of pyridine rings is 1. The Morgan fingerprint density at radius 2 is 1.66 bits per heavy atom. The third-order valence-electron chi connectivity index (χ3n) is 5.39. The van der Waals surface area contributed by atoms with Gasteiger partial charge in [-0.05, 0) is 24.3 Å². The highest BCUT2D eigenvalue weighted by atomic mass is 35.5. The summed E-state index contributed by atoms with van der Waals surface area (Å²) in [5, 5.41) is 1.31. The molecule has 1 saturated heterocycles. The Bertz CT molecular complexity index is 1070. The van der Waals surface area contributed by atoms with Crippen molar-refractivity contribution in [2.45, 2.75) is 63.8 Å². The van der Waals surface area contributed by atoms with Crippen LogP contribution < -0.4 is 4.74 Å². The van der Waals surface area contributed by atoms with Gasteiger partial charge in [0.05, 0.1) is 5.52 Å². The molecule has 4 rings (SSSR count). The van der Waals surface area contributed by atoms with E-state index >= 15 is 0 Å². The Hall–Kier alpha value is -2.91. The van der Waals surface area contributed by atoms with Crippen LogP contribution >= 0.6 is 11.6 Å². The number of esters is 3. The van der Waals surface area contributed by atoms with E-state index in [1.807, 2.05) is 18.2 Å². The van der Waals surface area contributed by atoms with Gasteiger partial charge < -0.3 is 23.7 Å². The van der Waals surface area contributed by atoms with Crippen LogP contribution in [0.15, 0.2) is 30.3 Å². The van der Waals surface area contributed by atoms with Crippen LogP contribution in [-0.4, -0.2) is 53.1 Å². The first kappa shape index (κ1) is 22.3. The summed E-state index contributed by atoms with van der Waals surface area (Å²) in [6, 6.07) is 9.07. The molecule has 9 nitrogen and oxygen atoms in total. The van der Waals surface area contributed by atoms with E-state index in [0.717, 1.165) is 5.39 Å². The minimum atomic E-state index is -1.19. The first-order chi connectivity index (χ1) is 15.1. The van der Waals surface area contributed by atoms with Crippen molar-refractivity contribution in [1.82, 2.24) is 4.98 Å². The Kier molecular flexibility index (Phi) is 5.96. The van der Waals surface area contributed by atoms with Crippen molar-refractivity contribution >= 4 is 40.4 Å². The summed E-state index contributed by atoms with van der Waals surface area (Å²) < 4.78 is 28.0. The van der Waals surface area contributed by atoms with Crippen LogP contribution in [0.3, 0.4) is 0 Å². The average molecular weight is 464 g/mol. The monoisotopic (exact) mass is 463 g/mol. The summed E-state index contributed by atoms with van der Waals surface area (Å²) in [6.45, 7) is 3.68. The highest BCUT2D eigenvalue weighted by Crippen LogP contribution is 2.50. The molecule has 170 valence electrons. The highest BCUT2D eigenvalue weighted by Gasteiger charge is 2.66. The zero-order chi connectivity index (χ0) is 23.0. The normalized spacial score (nSPS) is 28.8. The van der Waals surface area contributed by atoms with Crippen LogP contribution in [0.1, 0.15) is 33.6 Å². The number of hydrogen-bond acceptors (Lipinski definition) is 9. The topological polar surface area (TPSA) is 110 Å². The van der Waals surface area contributed by atoms with Crippen LogP contribution in [0.2, 0.25) is 5.15 Å². The van der Waals surface area contributed by atoms with E-state index in [2.05, 4.69) is 4.98 Å². The fourth-order valence-corrected chi connectivity index (χ4v) is 4.34. The molecule has 1 saturated carbocycles. The SMILES string of the molecule is CC(=O)OC1O[C@]2(C[C@H](Oc3ccc4ccc(Cl)nc4c3)C2)[C@@H](OC(C)=O)[C@H]1OC(C)=O. The number of carbonyl (C=O) groups excluding carboxylic acids is 3. The van der Waals surface area contributed by atoms with Crippen LogP contribution in [0.4, 0.5) is 0 Å². The summed E-state index contributed by atoms with van der Waals surface area (Å²) in [5.74, 6) is -1.19. The largest absolute Gasteiger partial charge is 0.490 e. The molecule has 0 amide bonds. The van der Waals surface area contributed by atoms with Gasteiger partial charge in [0.15, 0.2) is 6.10 Å². The van der Waals surface area contributed by atoms with Crippen LogP contribution in [0.25, 0.3) is 10.9 Å². The molecule has 0 N–H and O–H groups in total. The van der Waals surface area contributed by atoms with E-state index < -0.39 is 42.0 Å². The minimum Gasteiger partial charge on any atom is -0.490 e. The number of aromatic nitrogens is 1. The summed E-state index contributed by atoms with van der Waals surface area (Å²) in [4.78, 5) is 39.2. The predicted octanol–water partition coefficient (Wildman–Crippen LogP) is 2.95. The van der Waals surface area contributed by atoms with Crippen molar-refractivity contribution in [1.29, 1.82) is 0 Å². The minimum absolute atomic E-state index is 0.265. The molecular weight excluding hydrogens is 442 g/mol. The molecule has 2 heterocycles. The zero-order valence-electron chi connectivity index (χ0n) is 17.7. The molecular formula is C22H22ClNO8. The maximum atomic E-state index is 11.7. The average Bonchev–Trinajstić information content (AvgIpc) is 2.93. The molecule has 10 heteroatoms. The fourth-order valence-electron chi connectivity index (χ4n) is 4.19. The number of benzene rings is 1. The second kappa shape index (κ2) is 8.55. The Labute approximate surface area is 188 Å². The Morgan fingerprint density at radius 3 is 2.31 bits per heavy atom.